The third-order valence-corrected chi connectivity index (χ3v) is 5.40. The monoisotopic (exact) mass is 427 g/mol. The van der Waals surface area contributed by atoms with Crippen LogP contribution in [0.3, 0.4) is 0 Å². The first-order valence-electron chi connectivity index (χ1n) is 9.62. The van der Waals surface area contributed by atoms with Crippen LogP contribution >= 0.6 is 11.8 Å². The molecule has 0 saturated carbocycles. The van der Waals surface area contributed by atoms with Gasteiger partial charge in [-0.3, -0.25) is 4.79 Å². The Morgan fingerprint density at radius 2 is 1.71 bits per heavy atom. The van der Waals surface area contributed by atoms with Crippen molar-refractivity contribution in [2.45, 2.75) is 5.16 Å². The molecule has 8 heteroatoms. The first-order chi connectivity index (χ1) is 15.3. The second-order valence-corrected chi connectivity index (χ2v) is 7.65. The number of thioether (sulfide) groups is 1. The van der Waals surface area contributed by atoms with Crippen molar-refractivity contribution in [3.05, 3.63) is 78.9 Å². The van der Waals surface area contributed by atoms with Crippen LogP contribution in [0.25, 0.3) is 22.1 Å². The number of anilines is 1. The minimum absolute atomic E-state index is 0.146. The van der Waals surface area contributed by atoms with Gasteiger partial charge in [0.15, 0.2) is 11.4 Å². The maximum atomic E-state index is 12.5. The maximum Gasteiger partial charge on any atom is 0.234 e. The van der Waals surface area contributed by atoms with E-state index in [4.69, 9.17) is 4.74 Å². The number of hydrogen-bond acceptors (Lipinski definition) is 6. The number of ether oxygens (including phenoxy) is 1. The number of amides is 1. The van der Waals surface area contributed by atoms with Gasteiger partial charge in [0, 0.05) is 10.9 Å². The molecular formula is C23H17N5O2S. The van der Waals surface area contributed by atoms with Crippen molar-refractivity contribution in [1.29, 1.82) is 0 Å². The molecule has 3 aromatic carbocycles. The summed E-state index contributed by atoms with van der Waals surface area (Å²) < 4.78 is 5.89. The number of aromatic nitrogens is 4. The molecule has 31 heavy (non-hydrogen) atoms. The number of H-pyrrole nitrogens is 1. The van der Waals surface area contributed by atoms with Crippen LogP contribution in [0.2, 0.25) is 0 Å². The molecule has 1 amide bonds. The van der Waals surface area contributed by atoms with Crippen LogP contribution in [0, 0.1) is 0 Å². The number of carbonyl (C=O) groups excluding carboxylic acids is 1. The normalized spacial score (nSPS) is 11.0. The molecule has 7 nitrogen and oxygen atoms in total. The number of nitrogens with zero attached hydrogens (tertiary/aromatic N) is 3. The molecule has 2 aromatic heterocycles. The first kappa shape index (κ1) is 19.1. The van der Waals surface area contributed by atoms with E-state index in [1.807, 2.05) is 72.8 Å². The minimum atomic E-state index is -0.186. The van der Waals surface area contributed by atoms with Gasteiger partial charge in [0.05, 0.1) is 11.4 Å². The summed E-state index contributed by atoms with van der Waals surface area (Å²) >= 11 is 1.22. The summed E-state index contributed by atoms with van der Waals surface area (Å²) in [5.41, 5.74) is 2.92. The highest BCUT2D eigenvalue weighted by atomic mass is 32.2. The van der Waals surface area contributed by atoms with Gasteiger partial charge in [0.1, 0.15) is 11.3 Å². The number of rotatable bonds is 6. The lowest BCUT2D eigenvalue weighted by Crippen LogP contribution is -2.15. The first-order valence-corrected chi connectivity index (χ1v) is 10.6. The Bertz CT molecular complexity index is 1370. The summed E-state index contributed by atoms with van der Waals surface area (Å²) in [5.74, 6) is 1.23. The molecular weight excluding hydrogens is 410 g/mol. The predicted octanol–water partition coefficient (Wildman–Crippen LogP) is 5.03. The van der Waals surface area contributed by atoms with E-state index in [1.54, 1.807) is 6.07 Å². The molecule has 2 N–H and O–H groups in total. The zero-order chi connectivity index (χ0) is 21.0. The number of aromatic amines is 1. The van der Waals surface area contributed by atoms with Gasteiger partial charge in [-0.1, -0.05) is 60.3 Å². The lowest BCUT2D eigenvalue weighted by atomic mass is 10.2. The lowest BCUT2D eigenvalue weighted by molar-refractivity contribution is -0.113. The van der Waals surface area contributed by atoms with Crippen LogP contribution in [-0.4, -0.2) is 31.8 Å². The summed E-state index contributed by atoms with van der Waals surface area (Å²) in [6.45, 7) is 0. The van der Waals surface area contributed by atoms with Gasteiger partial charge in [-0.05, 0) is 30.3 Å². The molecule has 2 heterocycles. The number of nitrogens with one attached hydrogen (secondary N) is 2. The quantitative estimate of drug-likeness (QED) is 0.369. The van der Waals surface area contributed by atoms with Crippen molar-refractivity contribution in [2.75, 3.05) is 11.1 Å². The molecule has 5 aromatic rings. The van der Waals surface area contributed by atoms with Crippen molar-refractivity contribution in [3.63, 3.8) is 0 Å². The summed E-state index contributed by atoms with van der Waals surface area (Å²) in [6.07, 6.45) is 0. The Hall–Kier alpha value is -3.91. The number of carbonyl (C=O) groups is 1. The number of hydrogen-bond donors (Lipinski definition) is 2. The van der Waals surface area contributed by atoms with Crippen LogP contribution in [0.4, 0.5) is 5.69 Å². The Balaban J connectivity index is 1.27. The second-order valence-electron chi connectivity index (χ2n) is 6.71. The molecule has 0 saturated heterocycles. The molecule has 0 aliphatic heterocycles. The fourth-order valence-electron chi connectivity index (χ4n) is 3.16. The van der Waals surface area contributed by atoms with E-state index in [0.717, 1.165) is 16.4 Å². The van der Waals surface area contributed by atoms with Gasteiger partial charge in [-0.15, -0.1) is 10.2 Å². The number of benzene rings is 3. The fraction of sp³-hybridized carbons (Fsp3) is 0.0435. The average molecular weight is 427 g/mol. The molecule has 0 aliphatic rings. The van der Waals surface area contributed by atoms with Gasteiger partial charge < -0.3 is 15.0 Å². The van der Waals surface area contributed by atoms with Crippen LogP contribution < -0.4 is 10.1 Å². The smallest absolute Gasteiger partial charge is 0.234 e. The predicted molar refractivity (Wildman–Crippen MR) is 122 cm³/mol. The molecule has 0 fully saturated rings. The summed E-state index contributed by atoms with van der Waals surface area (Å²) in [7, 11) is 0. The second kappa shape index (κ2) is 8.45. The highest BCUT2D eigenvalue weighted by Crippen LogP contribution is 2.29. The molecule has 152 valence electrons. The highest BCUT2D eigenvalue weighted by molar-refractivity contribution is 7.99. The van der Waals surface area contributed by atoms with Gasteiger partial charge in [-0.2, -0.15) is 0 Å². The van der Waals surface area contributed by atoms with E-state index in [9.17, 15) is 4.79 Å². The summed E-state index contributed by atoms with van der Waals surface area (Å²) in [6, 6.07) is 24.6. The third-order valence-electron chi connectivity index (χ3n) is 4.57. The van der Waals surface area contributed by atoms with Gasteiger partial charge >= 0.3 is 0 Å². The van der Waals surface area contributed by atoms with E-state index in [2.05, 4.69) is 25.5 Å². The van der Waals surface area contributed by atoms with E-state index < -0.39 is 0 Å². The number of para-hydroxylation sites is 4. The minimum Gasteiger partial charge on any atom is -0.455 e. The molecule has 5 rings (SSSR count). The largest absolute Gasteiger partial charge is 0.455 e. The lowest BCUT2D eigenvalue weighted by Gasteiger charge is -2.12. The molecule has 0 bridgehead atoms. The summed E-state index contributed by atoms with van der Waals surface area (Å²) in [5, 5.41) is 12.7. The molecule has 0 aliphatic carbocycles. The molecule has 0 unspecified atom stereocenters. The van der Waals surface area contributed by atoms with Gasteiger partial charge in [-0.25, -0.2) is 4.98 Å². The fourth-order valence-corrected chi connectivity index (χ4v) is 3.74. The van der Waals surface area contributed by atoms with E-state index in [-0.39, 0.29) is 11.7 Å². The zero-order valence-corrected chi connectivity index (χ0v) is 17.1. The van der Waals surface area contributed by atoms with Crippen LogP contribution in [0.15, 0.2) is 84.0 Å². The van der Waals surface area contributed by atoms with Crippen LogP contribution in [-0.2, 0) is 4.79 Å². The standard InChI is InChI=1S/C23H17N5O2S/c29-20(24-18-12-6-7-13-19(18)30-15-8-2-1-3-9-15)14-31-23-26-22-21(27-28-23)16-10-4-5-11-17(16)25-22/h1-13H,14H2,(H,24,29)(H,25,26,28). The Morgan fingerprint density at radius 1 is 0.935 bits per heavy atom. The Morgan fingerprint density at radius 3 is 2.61 bits per heavy atom. The summed E-state index contributed by atoms with van der Waals surface area (Å²) in [4.78, 5) is 20.3. The molecule has 0 spiro atoms. The van der Waals surface area contributed by atoms with Crippen molar-refractivity contribution in [1.82, 2.24) is 20.2 Å². The average Bonchev–Trinajstić information content (AvgIpc) is 3.17. The Kier molecular flexibility index (Phi) is 5.20. The van der Waals surface area contributed by atoms with E-state index in [1.165, 1.54) is 11.8 Å². The Labute approximate surface area is 181 Å². The van der Waals surface area contributed by atoms with Crippen molar-refractivity contribution in [3.8, 4) is 11.5 Å². The van der Waals surface area contributed by atoms with E-state index in [0.29, 0.717) is 28.0 Å². The SMILES string of the molecule is O=C(CSc1nnc2c(n1)[nH]c1ccccc12)Nc1ccccc1Oc1ccccc1. The van der Waals surface area contributed by atoms with Crippen LogP contribution in [0.5, 0.6) is 11.5 Å². The van der Waals surface area contributed by atoms with Crippen molar-refractivity contribution >= 4 is 45.4 Å². The third kappa shape index (κ3) is 4.19. The number of fused-ring (bicyclic) bond motifs is 3. The zero-order valence-electron chi connectivity index (χ0n) is 16.3. The van der Waals surface area contributed by atoms with E-state index >= 15 is 0 Å². The van der Waals surface area contributed by atoms with Crippen molar-refractivity contribution in [2.24, 2.45) is 0 Å². The van der Waals surface area contributed by atoms with Gasteiger partial charge in [0.2, 0.25) is 11.1 Å². The van der Waals surface area contributed by atoms with Crippen LogP contribution in [0.1, 0.15) is 0 Å². The maximum absolute atomic E-state index is 12.5. The topological polar surface area (TPSA) is 92.8 Å². The van der Waals surface area contributed by atoms with Gasteiger partial charge in [0.25, 0.3) is 0 Å². The highest BCUT2D eigenvalue weighted by Gasteiger charge is 2.12. The molecule has 0 radical (unpaired) electrons. The molecule has 0 atom stereocenters. The van der Waals surface area contributed by atoms with Crippen molar-refractivity contribution < 1.29 is 9.53 Å².